The molecule has 19 N–H and O–H groups in total. The van der Waals surface area contributed by atoms with E-state index < -0.39 is 197 Å². The number of hydrogen-bond donors (Lipinski definition) is 19. The van der Waals surface area contributed by atoms with Crippen LogP contribution in [0.5, 0.6) is 0 Å². The quantitative estimate of drug-likeness (QED) is 0.0375. The normalized spacial score (nSPS) is 48.9. The van der Waals surface area contributed by atoms with Gasteiger partial charge in [0.1, 0.15) is 115 Å². The summed E-state index contributed by atoms with van der Waals surface area (Å²) in [6, 6.07) is -2.24. The lowest BCUT2D eigenvalue weighted by atomic mass is 9.86. The van der Waals surface area contributed by atoms with Crippen LogP contribution in [0.2, 0.25) is 0 Å². The van der Waals surface area contributed by atoms with Crippen LogP contribution in [0.1, 0.15) is 13.3 Å². The highest BCUT2D eigenvalue weighted by molar-refractivity contribution is 7.99. The Morgan fingerprint density at radius 1 is 0.563 bits per heavy atom. The zero-order valence-corrected chi connectivity index (χ0v) is 40.0. The lowest BCUT2D eigenvalue weighted by Crippen LogP contribution is -2.68. The van der Waals surface area contributed by atoms with Crippen molar-refractivity contribution in [1.29, 1.82) is 0 Å². The SMILES string of the molecule is CC1O[C@@H](O[C@H]2C(CO)O[C@@H](O[C@H]3C(CO)O[C@@H](SCCOCCSCC4C[C@H](O)C(O)[C@H](O[C@H]5C(CO)O[C@@H](O)C(O)[C@H]5O)O4)C(O)[C@H]3O)C(O)[C@H]2O)C(O)[C@@H](O)[C@H]1N[C@@H]1C=C(CO)[C@H](O)C(O)[C@H]1O. The maximum Gasteiger partial charge on any atom is 0.187 e. The second-order valence-electron chi connectivity index (χ2n) is 18.2. The van der Waals surface area contributed by atoms with Crippen molar-refractivity contribution >= 4 is 23.5 Å². The molecule has 30 heteroatoms. The third kappa shape index (κ3) is 13.9. The zero-order valence-electron chi connectivity index (χ0n) is 38.4. The van der Waals surface area contributed by atoms with Crippen LogP contribution in [0.15, 0.2) is 11.6 Å². The molecule has 0 aromatic carbocycles. The van der Waals surface area contributed by atoms with Gasteiger partial charge in [0.25, 0.3) is 0 Å². The molecule has 5 fully saturated rings. The molecule has 11 unspecified atom stereocenters. The summed E-state index contributed by atoms with van der Waals surface area (Å²) in [7, 11) is 0. The summed E-state index contributed by atoms with van der Waals surface area (Å²) in [5.74, 6) is 1.03. The van der Waals surface area contributed by atoms with Crippen molar-refractivity contribution in [3.05, 3.63) is 11.6 Å². The van der Waals surface area contributed by atoms with E-state index in [0.29, 0.717) is 11.5 Å². The van der Waals surface area contributed by atoms with Gasteiger partial charge in [0.2, 0.25) is 0 Å². The molecule has 0 radical (unpaired) electrons. The first-order valence-electron chi connectivity index (χ1n) is 23.2. The van der Waals surface area contributed by atoms with E-state index in [0.717, 1.165) is 11.8 Å². The van der Waals surface area contributed by atoms with Gasteiger partial charge in [-0.1, -0.05) is 6.08 Å². The van der Waals surface area contributed by atoms with Gasteiger partial charge in [-0.2, -0.15) is 11.8 Å². The predicted octanol–water partition coefficient (Wildman–Crippen LogP) is -10.4. The van der Waals surface area contributed by atoms with Gasteiger partial charge in [-0.3, -0.25) is 0 Å². The van der Waals surface area contributed by atoms with Gasteiger partial charge < -0.3 is 140 Å². The van der Waals surface area contributed by atoms with E-state index in [1.54, 1.807) is 0 Å². The first-order valence-corrected chi connectivity index (χ1v) is 25.4. The smallest absolute Gasteiger partial charge is 0.187 e. The molecule has 5 aliphatic heterocycles. The van der Waals surface area contributed by atoms with Crippen molar-refractivity contribution < 1.29 is 135 Å². The second kappa shape index (κ2) is 27.1. The molecule has 5 saturated heterocycles. The van der Waals surface area contributed by atoms with Crippen molar-refractivity contribution in [3.8, 4) is 0 Å². The highest BCUT2D eigenvalue weighted by Gasteiger charge is 2.54. The molecule has 28 nitrogen and oxygen atoms in total. The molecule has 6 rings (SSSR count). The van der Waals surface area contributed by atoms with E-state index >= 15 is 0 Å². The Hall–Kier alpha value is -0.680. The number of ether oxygens (including phenoxy) is 9. The van der Waals surface area contributed by atoms with Crippen molar-refractivity contribution in [2.24, 2.45) is 0 Å². The minimum absolute atomic E-state index is 0.00479. The molecule has 0 aromatic rings. The van der Waals surface area contributed by atoms with Gasteiger partial charge in [0.15, 0.2) is 25.2 Å². The first kappa shape index (κ1) is 59.6. The third-order valence-electron chi connectivity index (χ3n) is 13.3. The number of thioether (sulfide) groups is 2. The average Bonchev–Trinajstić information content (AvgIpc) is 3.35. The Bertz CT molecular complexity index is 1630. The molecule has 1 aliphatic carbocycles. The maximum absolute atomic E-state index is 11.2. The Labute approximate surface area is 415 Å². The number of nitrogens with one attached hydrogen (secondary N) is 1. The molecule has 0 saturated carbocycles. The van der Waals surface area contributed by atoms with Crippen LogP contribution >= 0.6 is 23.5 Å². The summed E-state index contributed by atoms with van der Waals surface area (Å²) in [5, 5.41) is 191. The maximum atomic E-state index is 11.2. The Kier molecular flexibility index (Phi) is 22.7. The lowest BCUT2D eigenvalue weighted by molar-refractivity contribution is -0.366. The Morgan fingerprint density at radius 3 is 1.72 bits per heavy atom. The van der Waals surface area contributed by atoms with Crippen LogP contribution in [-0.2, 0) is 42.6 Å². The number of aliphatic hydroxyl groups is 18. The van der Waals surface area contributed by atoms with Gasteiger partial charge in [-0.25, -0.2) is 0 Å². The highest BCUT2D eigenvalue weighted by Crippen LogP contribution is 2.36. The minimum atomic E-state index is -1.97. The predicted molar refractivity (Wildman–Crippen MR) is 236 cm³/mol. The number of aliphatic hydroxyl groups excluding tert-OH is 18. The van der Waals surface area contributed by atoms with Crippen LogP contribution < -0.4 is 5.32 Å². The first-order chi connectivity index (χ1) is 33.8. The van der Waals surface area contributed by atoms with Gasteiger partial charge in [-0.05, 0) is 12.5 Å². The van der Waals surface area contributed by atoms with Crippen molar-refractivity contribution in [3.63, 3.8) is 0 Å². The van der Waals surface area contributed by atoms with E-state index in [9.17, 15) is 91.9 Å². The monoisotopic (exact) mass is 1070 g/mol. The standard InChI is InChI=1S/C41H71NO27S2/c1-13-21(42-16-6-14(8-43)22(48)26(52)23(16)49)25(51)31(57)39(62-13)68-35-19(10-45)65-40(32(58)28(35)54)69-36-20(11-46)66-41(33(59)29(36)55)71-5-3-61-2-4-70-12-15-7-17(47)24(50)38(63-15)67-34-18(9-44)64-37(60)30(56)27(34)53/h6,13,15-60H,2-5,7-12H2,1H3/t13?,15?,16-,17+,18?,19?,20?,21+,22+,23+,24?,25+,26?,27-,28-,29-,30?,31?,32?,33?,34+,35+,36+,37-,38+,39+,40+,41+/m1/s1. The van der Waals surface area contributed by atoms with Crippen LogP contribution in [0.3, 0.4) is 0 Å². The van der Waals surface area contributed by atoms with Crippen LogP contribution in [0, 0.1) is 0 Å². The summed E-state index contributed by atoms with van der Waals surface area (Å²) >= 11 is 2.45. The van der Waals surface area contributed by atoms with Crippen LogP contribution in [0.25, 0.3) is 0 Å². The highest BCUT2D eigenvalue weighted by atomic mass is 32.2. The molecule has 5 heterocycles. The van der Waals surface area contributed by atoms with E-state index in [-0.39, 0.29) is 31.0 Å². The van der Waals surface area contributed by atoms with Gasteiger partial charge in [-0.15, -0.1) is 11.8 Å². The largest absolute Gasteiger partial charge is 0.394 e. The second-order valence-corrected chi connectivity index (χ2v) is 20.5. The van der Waals surface area contributed by atoms with Gasteiger partial charge in [0, 0.05) is 23.7 Å². The third-order valence-corrected chi connectivity index (χ3v) is 15.5. The fourth-order valence-electron chi connectivity index (χ4n) is 9.12. The Balaban J connectivity index is 0.918. The topological polar surface area (TPSA) is 459 Å². The molecule has 0 aromatic heterocycles. The molecule has 28 atom stereocenters. The van der Waals surface area contributed by atoms with E-state index in [1.165, 1.54) is 24.8 Å². The van der Waals surface area contributed by atoms with E-state index in [4.69, 9.17) is 42.6 Å². The van der Waals surface area contributed by atoms with E-state index in [1.807, 2.05) is 0 Å². The van der Waals surface area contributed by atoms with Crippen molar-refractivity contribution in [1.82, 2.24) is 5.32 Å². The summed E-state index contributed by atoms with van der Waals surface area (Å²) < 4.78 is 51.1. The molecule has 0 spiro atoms. The molecule has 414 valence electrons. The fourth-order valence-corrected chi connectivity index (χ4v) is 11.0. The molecular formula is C41H71NO27S2. The van der Waals surface area contributed by atoms with Crippen molar-refractivity contribution in [2.45, 2.75) is 184 Å². The summed E-state index contributed by atoms with van der Waals surface area (Å²) in [6.07, 6.45) is -37.5. The minimum Gasteiger partial charge on any atom is -0.394 e. The fraction of sp³-hybridized carbons (Fsp3) is 0.951. The lowest BCUT2D eigenvalue weighted by Gasteiger charge is -2.49. The molecular weight excluding hydrogens is 1000 g/mol. The molecule has 0 bridgehead atoms. The number of hydrogen-bond acceptors (Lipinski definition) is 30. The van der Waals surface area contributed by atoms with Crippen LogP contribution in [0.4, 0.5) is 0 Å². The summed E-state index contributed by atoms with van der Waals surface area (Å²) in [6.45, 7) is -1.06. The summed E-state index contributed by atoms with van der Waals surface area (Å²) in [4.78, 5) is 0. The van der Waals surface area contributed by atoms with Gasteiger partial charge >= 0.3 is 0 Å². The van der Waals surface area contributed by atoms with Crippen molar-refractivity contribution in [2.75, 3.05) is 56.9 Å². The van der Waals surface area contributed by atoms with Gasteiger partial charge in [0.05, 0.1) is 70.0 Å². The average molecular weight is 1070 g/mol. The summed E-state index contributed by atoms with van der Waals surface area (Å²) in [5.41, 5.74) is -1.09. The van der Waals surface area contributed by atoms with E-state index in [2.05, 4.69) is 5.32 Å². The number of rotatable bonds is 21. The molecule has 0 amide bonds. The van der Waals surface area contributed by atoms with Crippen LogP contribution in [-0.4, -0.2) is 320 Å². The Morgan fingerprint density at radius 2 is 1.10 bits per heavy atom. The molecule has 6 aliphatic rings. The zero-order chi connectivity index (χ0) is 52.0. The molecule has 71 heavy (non-hydrogen) atoms.